The number of halogens is 3. The second-order valence-corrected chi connectivity index (χ2v) is 8.18. The van der Waals surface area contributed by atoms with Crippen molar-refractivity contribution in [1.29, 1.82) is 0 Å². The van der Waals surface area contributed by atoms with Crippen LogP contribution in [-0.4, -0.2) is 15.0 Å². The van der Waals surface area contributed by atoms with Crippen LogP contribution in [0.5, 0.6) is 0 Å². The number of hydrogen-bond donors (Lipinski definition) is 0. The Balaban J connectivity index is 0.000000163. The third-order valence-corrected chi connectivity index (χ3v) is 5.37. The molecule has 0 N–H and O–H groups in total. The van der Waals surface area contributed by atoms with Crippen LogP contribution in [0.2, 0.25) is 0 Å². The number of pyridine rings is 3. The molecule has 0 unspecified atom stereocenters. The summed E-state index contributed by atoms with van der Waals surface area (Å²) in [6.45, 7) is 0. The predicted molar refractivity (Wildman–Crippen MR) is 149 cm³/mol. The van der Waals surface area contributed by atoms with E-state index in [0.29, 0.717) is 17.1 Å². The molecule has 6 aromatic rings. The summed E-state index contributed by atoms with van der Waals surface area (Å²) < 4.78 is 38.4. The molecule has 3 heterocycles. The van der Waals surface area contributed by atoms with Crippen LogP contribution in [-0.2, 0) is 20.1 Å². The molecule has 0 atom stereocenters. The first-order chi connectivity index (χ1) is 19.1. The van der Waals surface area contributed by atoms with Gasteiger partial charge in [-0.05, 0) is 18.2 Å². The summed E-state index contributed by atoms with van der Waals surface area (Å²) >= 11 is 0. The Morgan fingerprint density at radius 1 is 0.350 bits per heavy atom. The third-order valence-electron chi connectivity index (χ3n) is 5.37. The van der Waals surface area contributed by atoms with Gasteiger partial charge in [-0.1, -0.05) is 91.0 Å². The van der Waals surface area contributed by atoms with E-state index >= 15 is 0 Å². The van der Waals surface area contributed by atoms with Crippen LogP contribution in [0, 0.1) is 17.5 Å². The van der Waals surface area contributed by atoms with Gasteiger partial charge in [-0.2, -0.15) is 0 Å². The Bertz CT molecular complexity index is 1390. The van der Waals surface area contributed by atoms with Gasteiger partial charge in [-0.3, -0.25) is 15.0 Å². The van der Waals surface area contributed by atoms with Crippen LogP contribution in [0.3, 0.4) is 0 Å². The number of benzene rings is 3. The minimum Gasteiger partial charge on any atom is -0.256 e. The summed E-state index contributed by atoms with van der Waals surface area (Å²) in [6, 6.07) is 36.9. The first-order valence-corrected chi connectivity index (χ1v) is 12.1. The first kappa shape index (κ1) is 30.1. The zero-order valence-corrected chi connectivity index (χ0v) is 23.6. The van der Waals surface area contributed by atoms with E-state index in [1.165, 1.54) is 55.0 Å². The summed E-state index contributed by atoms with van der Waals surface area (Å²) in [4.78, 5) is 12.2. The van der Waals surface area contributed by atoms with E-state index in [0.717, 1.165) is 16.7 Å². The fourth-order valence-corrected chi connectivity index (χ4v) is 3.51. The van der Waals surface area contributed by atoms with Gasteiger partial charge in [0, 0.05) is 73.6 Å². The largest absolute Gasteiger partial charge is 0.256 e. The van der Waals surface area contributed by atoms with Gasteiger partial charge >= 0.3 is 0 Å². The van der Waals surface area contributed by atoms with E-state index < -0.39 is 0 Å². The fraction of sp³-hybridized carbons (Fsp3) is 0. The van der Waals surface area contributed by atoms with Crippen LogP contribution < -0.4 is 0 Å². The quantitative estimate of drug-likeness (QED) is 0.185. The number of hydrogen-bond acceptors (Lipinski definition) is 3. The van der Waals surface area contributed by atoms with Gasteiger partial charge in [0.25, 0.3) is 0 Å². The molecular weight excluding hydrogens is 688 g/mol. The monoisotopic (exact) mass is 712 g/mol. The number of aromatic nitrogens is 3. The van der Waals surface area contributed by atoms with Crippen molar-refractivity contribution in [2.45, 2.75) is 0 Å². The Labute approximate surface area is 244 Å². The zero-order valence-electron chi connectivity index (χ0n) is 21.2. The first-order valence-electron chi connectivity index (χ1n) is 12.1. The standard InChI is InChI=1S/3C11H8FN.Ir/c3*12-10-6-7-13-11(8-10)9-4-2-1-3-5-9;/h3*1-8H;. The average Bonchev–Trinajstić information content (AvgIpc) is 2.99. The van der Waals surface area contributed by atoms with Crippen molar-refractivity contribution in [3.63, 3.8) is 0 Å². The molecule has 0 bridgehead atoms. The van der Waals surface area contributed by atoms with Crippen molar-refractivity contribution >= 4 is 0 Å². The summed E-state index contributed by atoms with van der Waals surface area (Å²) in [5.74, 6) is -0.767. The van der Waals surface area contributed by atoms with Gasteiger partial charge in [-0.25, -0.2) is 13.2 Å². The second-order valence-electron chi connectivity index (χ2n) is 8.18. The topological polar surface area (TPSA) is 38.7 Å². The average molecular weight is 712 g/mol. The van der Waals surface area contributed by atoms with Crippen molar-refractivity contribution in [2.24, 2.45) is 0 Å². The molecule has 0 aliphatic carbocycles. The molecule has 7 heteroatoms. The predicted octanol–water partition coefficient (Wildman–Crippen LogP) is 8.66. The van der Waals surface area contributed by atoms with Gasteiger partial charge in [0.05, 0.1) is 17.1 Å². The molecule has 0 saturated heterocycles. The normalized spacial score (nSPS) is 9.68. The summed E-state index contributed by atoms with van der Waals surface area (Å²) in [5.41, 5.74) is 4.80. The Morgan fingerprint density at radius 2 is 0.600 bits per heavy atom. The van der Waals surface area contributed by atoms with Crippen molar-refractivity contribution in [2.75, 3.05) is 0 Å². The molecule has 6 rings (SSSR count). The molecule has 3 aromatic carbocycles. The van der Waals surface area contributed by atoms with Crippen LogP contribution in [0.4, 0.5) is 13.2 Å². The molecule has 3 aromatic heterocycles. The molecule has 40 heavy (non-hydrogen) atoms. The van der Waals surface area contributed by atoms with Crippen LogP contribution in [0.25, 0.3) is 33.8 Å². The van der Waals surface area contributed by atoms with E-state index in [1.807, 2.05) is 91.0 Å². The summed E-state index contributed by atoms with van der Waals surface area (Å²) in [6.07, 6.45) is 4.41. The van der Waals surface area contributed by atoms with E-state index in [4.69, 9.17) is 0 Å². The van der Waals surface area contributed by atoms with Gasteiger partial charge in [-0.15, -0.1) is 0 Å². The molecule has 0 fully saturated rings. The minimum atomic E-state index is -0.256. The Kier molecular flexibility index (Phi) is 11.9. The molecule has 0 aliphatic heterocycles. The summed E-state index contributed by atoms with van der Waals surface area (Å²) in [7, 11) is 0. The molecule has 3 nitrogen and oxygen atoms in total. The van der Waals surface area contributed by atoms with Crippen LogP contribution in [0.15, 0.2) is 146 Å². The Hall–Kier alpha value is -4.45. The second kappa shape index (κ2) is 15.8. The van der Waals surface area contributed by atoms with E-state index in [-0.39, 0.29) is 37.6 Å². The van der Waals surface area contributed by atoms with Gasteiger partial charge in [0.15, 0.2) is 0 Å². The molecule has 0 aliphatic rings. The van der Waals surface area contributed by atoms with Crippen molar-refractivity contribution in [1.82, 2.24) is 15.0 Å². The maximum atomic E-state index is 12.8. The molecular formula is C33H24F3IrN3. The minimum absolute atomic E-state index is 0. The van der Waals surface area contributed by atoms with Gasteiger partial charge in [0.1, 0.15) is 17.5 Å². The number of rotatable bonds is 3. The summed E-state index contributed by atoms with van der Waals surface area (Å²) in [5, 5.41) is 0. The SMILES string of the molecule is Fc1ccnc(-c2ccccc2)c1.Fc1ccnc(-c2ccccc2)c1.Fc1ccnc(-c2ccccc2)c1.[Ir]. The van der Waals surface area contributed by atoms with E-state index in [9.17, 15) is 13.2 Å². The maximum Gasteiger partial charge on any atom is 0.126 e. The molecule has 0 amide bonds. The maximum absolute atomic E-state index is 12.8. The van der Waals surface area contributed by atoms with Crippen LogP contribution in [0.1, 0.15) is 0 Å². The van der Waals surface area contributed by atoms with Crippen molar-refractivity contribution < 1.29 is 33.3 Å². The van der Waals surface area contributed by atoms with Gasteiger partial charge < -0.3 is 0 Å². The molecule has 1 radical (unpaired) electrons. The van der Waals surface area contributed by atoms with Crippen molar-refractivity contribution in [3.8, 4) is 33.8 Å². The third kappa shape index (κ3) is 9.38. The number of nitrogens with zero attached hydrogens (tertiary/aromatic N) is 3. The van der Waals surface area contributed by atoms with E-state index in [2.05, 4.69) is 15.0 Å². The fourth-order valence-electron chi connectivity index (χ4n) is 3.51. The zero-order chi connectivity index (χ0) is 27.3. The smallest absolute Gasteiger partial charge is 0.126 e. The van der Waals surface area contributed by atoms with E-state index in [1.54, 1.807) is 0 Å². The van der Waals surface area contributed by atoms with Crippen molar-refractivity contribution in [3.05, 3.63) is 163 Å². The molecule has 0 spiro atoms. The van der Waals surface area contributed by atoms with Crippen LogP contribution >= 0.6 is 0 Å². The molecule has 0 saturated carbocycles. The molecule has 201 valence electrons. The van der Waals surface area contributed by atoms with Gasteiger partial charge in [0.2, 0.25) is 0 Å². The Morgan fingerprint density at radius 3 is 0.825 bits per heavy atom.